The molecule has 0 saturated heterocycles. The molecule has 4 heteroatoms. The van der Waals surface area contributed by atoms with Crippen LogP contribution >= 0.6 is 10.7 Å². The van der Waals surface area contributed by atoms with Crippen molar-refractivity contribution in [3.8, 4) is 11.1 Å². The molecule has 0 aromatic heterocycles. The average molecular weight is 283 g/mol. The number of hydrogen-bond acceptors (Lipinski definition) is 2. The largest absolute Gasteiger partial charge is 0.261 e. The van der Waals surface area contributed by atoms with Gasteiger partial charge in [0.25, 0.3) is 9.05 Å². The lowest BCUT2D eigenvalue weighted by atomic mass is 10.1. The zero-order valence-corrected chi connectivity index (χ0v) is 11.9. The van der Waals surface area contributed by atoms with E-state index in [0.29, 0.717) is 0 Å². The first-order valence-electron chi connectivity index (χ1n) is 5.67. The highest BCUT2D eigenvalue weighted by molar-refractivity contribution is 8.13. The van der Waals surface area contributed by atoms with Gasteiger partial charge < -0.3 is 0 Å². The Kier molecular flexibility index (Phi) is 5.38. The van der Waals surface area contributed by atoms with Crippen molar-refractivity contribution in [3.63, 3.8) is 0 Å². The van der Waals surface area contributed by atoms with Crippen LogP contribution in [0.4, 0.5) is 0 Å². The predicted octanol–water partition coefficient (Wildman–Crippen LogP) is 4.31. The molecular formula is C14H15ClO2S. The molecule has 0 aliphatic heterocycles. The first kappa shape index (κ1) is 14.7. The van der Waals surface area contributed by atoms with Crippen LogP contribution in [0, 0.1) is 0 Å². The van der Waals surface area contributed by atoms with Crippen molar-refractivity contribution in [2.24, 2.45) is 0 Å². The summed E-state index contributed by atoms with van der Waals surface area (Å²) in [5.74, 6) is 0. The monoisotopic (exact) mass is 282 g/mol. The lowest BCUT2D eigenvalue weighted by molar-refractivity contribution is 0.609. The molecule has 96 valence electrons. The van der Waals surface area contributed by atoms with E-state index in [-0.39, 0.29) is 4.90 Å². The third-order valence-electron chi connectivity index (χ3n) is 2.24. The maximum Gasteiger partial charge on any atom is 0.261 e. The third-order valence-corrected chi connectivity index (χ3v) is 3.61. The zero-order chi connectivity index (χ0) is 13.6. The molecule has 0 amide bonds. The molecule has 0 atom stereocenters. The predicted molar refractivity (Wildman–Crippen MR) is 76.3 cm³/mol. The Bertz CT molecular complexity index is 575. The first-order chi connectivity index (χ1) is 8.57. The Morgan fingerprint density at radius 2 is 1.22 bits per heavy atom. The number of hydrogen-bond donors (Lipinski definition) is 0. The van der Waals surface area contributed by atoms with E-state index in [1.54, 1.807) is 12.1 Å². The Labute approximate surface area is 113 Å². The van der Waals surface area contributed by atoms with Crippen molar-refractivity contribution in [2.45, 2.75) is 18.7 Å². The molecule has 0 fully saturated rings. The second-order valence-corrected chi connectivity index (χ2v) is 5.89. The van der Waals surface area contributed by atoms with E-state index in [2.05, 4.69) is 0 Å². The molecule has 2 aromatic carbocycles. The minimum Gasteiger partial charge on any atom is -0.207 e. The minimum atomic E-state index is -3.63. The molecule has 0 radical (unpaired) electrons. The summed E-state index contributed by atoms with van der Waals surface area (Å²) in [6.07, 6.45) is 0. The Morgan fingerprint density at radius 3 is 1.67 bits per heavy atom. The van der Waals surface area contributed by atoms with Crippen LogP contribution in [0.5, 0.6) is 0 Å². The van der Waals surface area contributed by atoms with Gasteiger partial charge in [-0.25, -0.2) is 8.42 Å². The average Bonchev–Trinajstić information content (AvgIpc) is 2.41. The number of halogens is 1. The van der Waals surface area contributed by atoms with E-state index >= 15 is 0 Å². The van der Waals surface area contributed by atoms with Crippen LogP contribution in [0.15, 0.2) is 59.5 Å². The van der Waals surface area contributed by atoms with E-state index < -0.39 is 9.05 Å². The van der Waals surface area contributed by atoms with Gasteiger partial charge in [-0.2, -0.15) is 0 Å². The van der Waals surface area contributed by atoms with Crippen LogP contribution < -0.4 is 0 Å². The summed E-state index contributed by atoms with van der Waals surface area (Å²) in [7, 11) is 1.60. The van der Waals surface area contributed by atoms with Crippen LogP contribution in [0.2, 0.25) is 0 Å². The number of benzene rings is 2. The summed E-state index contributed by atoms with van der Waals surface area (Å²) in [6, 6.07) is 16.2. The molecule has 2 rings (SSSR count). The van der Waals surface area contributed by atoms with Gasteiger partial charge in [0.15, 0.2) is 0 Å². The van der Waals surface area contributed by atoms with Gasteiger partial charge in [0.1, 0.15) is 0 Å². The summed E-state index contributed by atoms with van der Waals surface area (Å²) >= 11 is 0. The van der Waals surface area contributed by atoms with Gasteiger partial charge in [0.2, 0.25) is 0 Å². The summed E-state index contributed by atoms with van der Waals surface area (Å²) < 4.78 is 22.1. The fourth-order valence-electron chi connectivity index (χ4n) is 1.44. The zero-order valence-electron chi connectivity index (χ0n) is 10.3. The molecule has 18 heavy (non-hydrogen) atoms. The maximum absolute atomic E-state index is 11.0. The molecule has 2 nitrogen and oxygen atoms in total. The van der Waals surface area contributed by atoms with Crippen LogP contribution in [0.25, 0.3) is 11.1 Å². The SMILES string of the molecule is CC.O=S(=O)(Cl)c1ccc(-c2ccccc2)cc1. The van der Waals surface area contributed by atoms with Crippen LogP contribution in [0.1, 0.15) is 13.8 Å². The summed E-state index contributed by atoms with van der Waals surface area (Å²) in [5.41, 5.74) is 2.01. The van der Waals surface area contributed by atoms with Crippen molar-refractivity contribution in [2.75, 3.05) is 0 Å². The summed E-state index contributed by atoms with van der Waals surface area (Å²) in [5, 5.41) is 0. The highest BCUT2D eigenvalue weighted by Crippen LogP contribution is 2.22. The van der Waals surface area contributed by atoms with Gasteiger partial charge in [-0.15, -0.1) is 0 Å². The molecule has 0 bridgehead atoms. The van der Waals surface area contributed by atoms with Crippen molar-refractivity contribution in [3.05, 3.63) is 54.6 Å². The fourth-order valence-corrected chi connectivity index (χ4v) is 2.21. The first-order valence-corrected chi connectivity index (χ1v) is 7.98. The van der Waals surface area contributed by atoms with Crippen molar-refractivity contribution >= 4 is 19.7 Å². The normalized spacial score (nSPS) is 10.4. The van der Waals surface area contributed by atoms with Gasteiger partial charge in [-0.3, -0.25) is 0 Å². The highest BCUT2D eigenvalue weighted by atomic mass is 35.7. The standard InChI is InChI=1S/C12H9ClO2S.C2H6/c13-16(14,15)12-8-6-11(7-9-12)10-4-2-1-3-5-10;1-2/h1-9H;1-2H3. The van der Waals surface area contributed by atoms with Crippen LogP contribution in [0.3, 0.4) is 0 Å². The lowest BCUT2D eigenvalue weighted by Gasteiger charge is -2.01. The fraction of sp³-hybridized carbons (Fsp3) is 0.143. The van der Waals surface area contributed by atoms with Gasteiger partial charge in [0, 0.05) is 10.7 Å². The van der Waals surface area contributed by atoms with E-state index in [4.69, 9.17) is 10.7 Å². The quantitative estimate of drug-likeness (QED) is 0.769. The summed E-state index contributed by atoms with van der Waals surface area (Å²) in [4.78, 5) is 0.119. The molecule has 0 N–H and O–H groups in total. The van der Waals surface area contributed by atoms with E-state index in [1.807, 2.05) is 44.2 Å². The molecule has 0 heterocycles. The van der Waals surface area contributed by atoms with E-state index in [9.17, 15) is 8.42 Å². The molecule has 0 unspecified atom stereocenters. The molecular weight excluding hydrogens is 268 g/mol. The van der Waals surface area contributed by atoms with E-state index in [1.165, 1.54) is 12.1 Å². The van der Waals surface area contributed by atoms with Crippen molar-refractivity contribution < 1.29 is 8.42 Å². The molecule has 0 aliphatic carbocycles. The molecule has 0 aliphatic rings. The van der Waals surface area contributed by atoms with Crippen molar-refractivity contribution in [1.82, 2.24) is 0 Å². The van der Waals surface area contributed by atoms with Crippen LogP contribution in [-0.4, -0.2) is 8.42 Å². The Morgan fingerprint density at radius 1 is 0.778 bits per heavy atom. The smallest absolute Gasteiger partial charge is 0.207 e. The van der Waals surface area contributed by atoms with Gasteiger partial charge in [-0.05, 0) is 23.3 Å². The molecule has 0 spiro atoms. The van der Waals surface area contributed by atoms with Gasteiger partial charge in [-0.1, -0.05) is 56.3 Å². The Balaban J connectivity index is 0.000000771. The minimum absolute atomic E-state index is 0.119. The van der Waals surface area contributed by atoms with Gasteiger partial charge in [0.05, 0.1) is 4.90 Å². The summed E-state index contributed by atoms with van der Waals surface area (Å²) in [6.45, 7) is 4.00. The maximum atomic E-state index is 11.0. The second kappa shape index (κ2) is 6.57. The molecule has 0 saturated carbocycles. The Hall–Kier alpha value is -1.32. The van der Waals surface area contributed by atoms with Crippen LogP contribution in [-0.2, 0) is 9.05 Å². The topological polar surface area (TPSA) is 34.1 Å². The lowest BCUT2D eigenvalue weighted by Crippen LogP contribution is -1.89. The van der Waals surface area contributed by atoms with Crippen molar-refractivity contribution in [1.29, 1.82) is 0 Å². The molecule has 2 aromatic rings. The number of rotatable bonds is 2. The van der Waals surface area contributed by atoms with E-state index in [0.717, 1.165) is 11.1 Å². The third kappa shape index (κ3) is 3.86. The highest BCUT2D eigenvalue weighted by Gasteiger charge is 2.08. The second-order valence-electron chi connectivity index (χ2n) is 3.33. The van der Waals surface area contributed by atoms with Gasteiger partial charge >= 0.3 is 0 Å².